The van der Waals surface area contributed by atoms with Crippen LogP contribution in [0.5, 0.6) is 0 Å². The smallest absolute Gasteiger partial charge is 0.317 e. The highest BCUT2D eigenvalue weighted by atomic mass is 127. The average molecular weight is 258 g/mol. The predicted octanol–water partition coefficient (Wildman–Crippen LogP) is -0.402. The third-order valence-electron chi connectivity index (χ3n) is 0.843. The Bertz CT molecular complexity index is 110. The van der Waals surface area contributed by atoms with Gasteiger partial charge in [0.05, 0.1) is 4.43 Å². The van der Waals surface area contributed by atoms with Gasteiger partial charge in [0.25, 0.3) is 0 Å². The molecule has 10 heavy (non-hydrogen) atoms. The maximum absolute atomic E-state index is 10.5. The van der Waals surface area contributed by atoms with Crippen LogP contribution < -0.4 is 11.5 Å². The Morgan fingerprint density at radius 3 is 2.70 bits per heavy atom. The van der Waals surface area contributed by atoms with E-state index in [4.69, 9.17) is 16.2 Å². The predicted molar refractivity (Wildman–Crippen MR) is 46.6 cm³/mol. The van der Waals surface area contributed by atoms with Crippen LogP contribution in [0.1, 0.15) is 6.42 Å². The molecule has 4 nitrogen and oxygen atoms in total. The summed E-state index contributed by atoms with van der Waals surface area (Å²) in [4.78, 5) is 10.5. The van der Waals surface area contributed by atoms with Crippen molar-refractivity contribution in [3.63, 3.8) is 0 Å². The molecular weight excluding hydrogens is 247 g/mol. The van der Waals surface area contributed by atoms with Crippen LogP contribution >= 0.6 is 22.6 Å². The first-order valence-corrected chi connectivity index (χ1v) is 4.44. The summed E-state index contributed by atoms with van der Waals surface area (Å²) in [5.74, 6) is -0.290. The number of halogens is 1. The molecule has 0 fully saturated rings. The van der Waals surface area contributed by atoms with Gasteiger partial charge in [-0.2, -0.15) is 0 Å². The molecule has 0 aromatic rings. The standard InChI is InChI=1S/C5H11IN2O2/c6-3-5(9)10-4(8)1-2-7/h4H,1-3,7-8H2. The van der Waals surface area contributed by atoms with E-state index in [-0.39, 0.29) is 5.97 Å². The van der Waals surface area contributed by atoms with Crippen molar-refractivity contribution < 1.29 is 9.53 Å². The number of rotatable bonds is 4. The van der Waals surface area contributed by atoms with Crippen molar-refractivity contribution in [2.24, 2.45) is 11.5 Å². The van der Waals surface area contributed by atoms with Gasteiger partial charge in [-0.05, 0) is 6.54 Å². The molecule has 4 N–H and O–H groups in total. The van der Waals surface area contributed by atoms with E-state index in [0.29, 0.717) is 17.4 Å². The van der Waals surface area contributed by atoms with E-state index in [9.17, 15) is 4.79 Å². The van der Waals surface area contributed by atoms with Crippen LogP contribution in [-0.2, 0) is 9.53 Å². The van der Waals surface area contributed by atoms with Gasteiger partial charge in [0.1, 0.15) is 0 Å². The molecule has 0 aromatic heterocycles. The second-order valence-electron chi connectivity index (χ2n) is 1.74. The highest BCUT2D eigenvalue weighted by Crippen LogP contribution is 1.92. The van der Waals surface area contributed by atoms with Gasteiger partial charge in [0, 0.05) is 6.42 Å². The van der Waals surface area contributed by atoms with Gasteiger partial charge in [-0.3, -0.25) is 10.5 Å². The van der Waals surface area contributed by atoms with Gasteiger partial charge in [-0.1, -0.05) is 22.6 Å². The Hall–Kier alpha value is 0.120. The van der Waals surface area contributed by atoms with Gasteiger partial charge in [0.15, 0.2) is 6.23 Å². The third kappa shape index (κ3) is 4.95. The molecule has 1 atom stereocenters. The lowest BCUT2D eigenvalue weighted by atomic mass is 10.4. The molecular formula is C5H11IN2O2. The summed E-state index contributed by atoms with van der Waals surface area (Å²) in [6.07, 6.45) is -0.0187. The quantitative estimate of drug-likeness (QED) is 0.311. The molecule has 0 rings (SSSR count). The van der Waals surface area contributed by atoms with Crippen molar-refractivity contribution in [1.29, 1.82) is 0 Å². The van der Waals surface area contributed by atoms with Gasteiger partial charge in [-0.15, -0.1) is 0 Å². The highest BCUT2D eigenvalue weighted by molar-refractivity contribution is 14.1. The Balaban J connectivity index is 3.37. The zero-order valence-electron chi connectivity index (χ0n) is 5.55. The van der Waals surface area contributed by atoms with Crippen LogP contribution in [0.25, 0.3) is 0 Å². The first kappa shape index (κ1) is 10.1. The topological polar surface area (TPSA) is 78.3 Å². The first-order valence-electron chi connectivity index (χ1n) is 2.91. The number of hydrogen-bond donors (Lipinski definition) is 2. The third-order valence-corrected chi connectivity index (χ3v) is 1.47. The van der Waals surface area contributed by atoms with Crippen LogP contribution in [0.2, 0.25) is 0 Å². The molecule has 1 unspecified atom stereocenters. The van der Waals surface area contributed by atoms with E-state index in [2.05, 4.69) is 0 Å². The molecule has 5 heteroatoms. The van der Waals surface area contributed by atoms with Crippen LogP contribution in [-0.4, -0.2) is 23.2 Å². The zero-order valence-corrected chi connectivity index (χ0v) is 7.71. The fraction of sp³-hybridized carbons (Fsp3) is 0.800. The second kappa shape index (κ2) is 5.87. The number of carbonyl (C=O) groups excluding carboxylic acids is 1. The minimum absolute atomic E-state index is 0.290. The Kier molecular flexibility index (Phi) is 5.94. The molecule has 0 aromatic carbocycles. The maximum atomic E-state index is 10.5. The molecule has 0 spiro atoms. The molecule has 0 heterocycles. The number of carbonyl (C=O) groups is 1. The monoisotopic (exact) mass is 258 g/mol. The summed E-state index contributed by atoms with van der Waals surface area (Å²) in [7, 11) is 0. The number of nitrogens with two attached hydrogens (primary N) is 2. The molecule has 0 aliphatic carbocycles. The fourth-order valence-electron chi connectivity index (χ4n) is 0.424. The van der Waals surface area contributed by atoms with Crippen LogP contribution in [0.3, 0.4) is 0 Å². The van der Waals surface area contributed by atoms with E-state index in [1.54, 1.807) is 0 Å². The summed E-state index contributed by atoms with van der Waals surface area (Å²) < 4.78 is 5.02. The molecule has 0 aliphatic rings. The van der Waals surface area contributed by atoms with Crippen molar-refractivity contribution in [1.82, 2.24) is 0 Å². The van der Waals surface area contributed by atoms with Gasteiger partial charge >= 0.3 is 5.97 Å². The van der Waals surface area contributed by atoms with Crippen LogP contribution in [0.4, 0.5) is 0 Å². The van der Waals surface area contributed by atoms with Crippen molar-refractivity contribution in [2.45, 2.75) is 12.6 Å². The SMILES string of the molecule is NCCC(N)OC(=O)CI. The van der Waals surface area contributed by atoms with E-state index in [0.717, 1.165) is 0 Å². The Morgan fingerprint density at radius 1 is 1.70 bits per heavy atom. The molecule has 0 bridgehead atoms. The molecule has 60 valence electrons. The lowest BCUT2D eigenvalue weighted by molar-refractivity contribution is -0.145. The van der Waals surface area contributed by atoms with Crippen molar-refractivity contribution in [3.8, 4) is 0 Å². The van der Waals surface area contributed by atoms with Crippen molar-refractivity contribution in [2.75, 3.05) is 11.0 Å². The molecule has 0 radical (unpaired) electrons. The van der Waals surface area contributed by atoms with E-state index in [1.165, 1.54) is 0 Å². The molecule has 0 saturated heterocycles. The average Bonchev–Trinajstić information content (AvgIpc) is 1.88. The van der Waals surface area contributed by atoms with Crippen LogP contribution in [0.15, 0.2) is 0 Å². The molecule has 0 aliphatic heterocycles. The van der Waals surface area contributed by atoms with Crippen molar-refractivity contribution in [3.05, 3.63) is 0 Å². The van der Waals surface area contributed by atoms with E-state index < -0.39 is 6.23 Å². The lowest BCUT2D eigenvalue weighted by Crippen LogP contribution is -2.29. The summed E-state index contributed by atoms with van der Waals surface area (Å²) in [6.45, 7) is 0.440. The number of hydrogen-bond acceptors (Lipinski definition) is 4. The summed E-state index contributed by atoms with van der Waals surface area (Å²) >= 11 is 1.91. The van der Waals surface area contributed by atoms with E-state index in [1.807, 2.05) is 22.6 Å². The van der Waals surface area contributed by atoms with Crippen molar-refractivity contribution >= 4 is 28.6 Å². The minimum atomic E-state index is -0.535. The van der Waals surface area contributed by atoms with Gasteiger partial charge in [-0.25, -0.2) is 0 Å². The summed E-state index contributed by atoms with van der Waals surface area (Å²) in [5.41, 5.74) is 10.5. The van der Waals surface area contributed by atoms with Gasteiger partial charge in [0.2, 0.25) is 0 Å². The summed E-state index contributed by atoms with van der Waals surface area (Å²) in [5, 5.41) is 0. The molecule has 0 saturated carbocycles. The first-order chi connectivity index (χ1) is 4.70. The maximum Gasteiger partial charge on any atom is 0.317 e. The Labute approximate surface area is 73.4 Å². The Morgan fingerprint density at radius 2 is 2.30 bits per heavy atom. The zero-order chi connectivity index (χ0) is 7.98. The number of alkyl halides is 1. The van der Waals surface area contributed by atoms with Gasteiger partial charge < -0.3 is 10.5 Å². The minimum Gasteiger partial charge on any atom is -0.446 e. The second-order valence-corrected chi connectivity index (χ2v) is 2.50. The lowest BCUT2D eigenvalue weighted by Gasteiger charge is -2.09. The normalized spacial score (nSPS) is 12.7. The number of ether oxygens (including phenoxy) is 1. The molecule has 0 amide bonds. The largest absolute Gasteiger partial charge is 0.446 e. The van der Waals surface area contributed by atoms with E-state index >= 15 is 0 Å². The summed E-state index contributed by atoms with van der Waals surface area (Å²) in [6, 6.07) is 0. The highest BCUT2D eigenvalue weighted by Gasteiger charge is 2.05. The fourth-order valence-corrected chi connectivity index (χ4v) is 0.603. The van der Waals surface area contributed by atoms with Crippen LogP contribution in [0, 0.1) is 0 Å². The number of esters is 1.